The lowest BCUT2D eigenvalue weighted by atomic mass is 10.3. The highest BCUT2D eigenvalue weighted by Gasteiger charge is 2.11. The number of aromatic nitrogens is 5. The largest absolute Gasteiger partial charge is 0.382 e. The van der Waals surface area contributed by atoms with Gasteiger partial charge in [0.05, 0.1) is 11.0 Å². The van der Waals surface area contributed by atoms with Crippen LogP contribution in [-0.4, -0.2) is 25.1 Å². The summed E-state index contributed by atoms with van der Waals surface area (Å²) in [5.74, 6) is 0.780. The highest BCUT2D eigenvalue weighted by Crippen LogP contribution is 2.21. The van der Waals surface area contributed by atoms with Crippen LogP contribution in [0.25, 0.3) is 22.6 Å². The fourth-order valence-electron chi connectivity index (χ4n) is 1.58. The molecule has 0 unspecified atom stereocenters. The van der Waals surface area contributed by atoms with Crippen molar-refractivity contribution in [3.05, 3.63) is 24.3 Å². The summed E-state index contributed by atoms with van der Waals surface area (Å²) in [7, 11) is 0. The second-order valence-corrected chi connectivity index (χ2v) is 3.51. The van der Waals surface area contributed by atoms with Gasteiger partial charge in [-0.15, -0.1) is 10.2 Å². The van der Waals surface area contributed by atoms with E-state index in [-0.39, 0.29) is 11.8 Å². The lowest BCUT2D eigenvalue weighted by Gasteiger charge is -1.98. The van der Waals surface area contributed by atoms with Gasteiger partial charge in [-0.2, -0.15) is 4.98 Å². The molecule has 0 atom stereocenters. The predicted molar refractivity (Wildman–Crippen MR) is 63.7 cm³/mol. The van der Waals surface area contributed by atoms with E-state index in [9.17, 15) is 0 Å². The molecule has 17 heavy (non-hydrogen) atoms. The van der Waals surface area contributed by atoms with Crippen LogP contribution in [0.5, 0.6) is 0 Å². The number of H-pyrrole nitrogens is 1. The summed E-state index contributed by atoms with van der Waals surface area (Å²) in [6, 6.07) is 7.63. The third-order valence-electron chi connectivity index (χ3n) is 2.34. The number of hydrogen-bond donors (Lipinski definition) is 3. The lowest BCUT2D eigenvalue weighted by molar-refractivity contribution is 0.989. The van der Waals surface area contributed by atoms with Crippen molar-refractivity contribution < 1.29 is 0 Å². The predicted octanol–water partition coefficient (Wildman–Crippen LogP) is 0.579. The normalized spacial score (nSPS) is 10.8. The maximum atomic E-state index is 5.72. The molecule has 0 aliphatic heterocycles. The number of hydrogen-bond acceptors (Lipinski definition) is 6. The standard InChI is InChI=1S/C10H9N7/c11-8-7(16-17-10(12)15-8)9-13-5-3-1-2-4-6(5)14-9/h1-4H,(H,13,14)(H4,11,12,15,17). The number of para-hydroxylation sites is 2. The van der Waals surface area contributed by atoms with Gasteiger partial charge in [0, 0.05) is 0 Å². The Hall–Kier alpha value is -2.70. The second-order valence-electron chi connectivity index (χ2n) is 3.51. The molecule has 84 valence electrons. The van der Waals surface area contributed by atoms with E-state index in [2.05, 4.69) is 25.1 Å². The summed E-state index contributed by atoms with van der Waals surface area (Å²) in [6.07, 6.45) is 0. The molecule has 2 heterocycles. The summed E-state index contributed by atoms with van der Waals surface area (Å²) in [4.78, 5) is 11.3. The first-order valence-electron chi connectivity index (χ1n) is 4.95. The average molecular weight is 227 g/mol. The molecule has 0 radical (unpaired) electrons. The molecule has 0 aliphatic rings. The van der Waals surface area contributed by atoms with Gasteiger partial charge >= 0.3 is 0 Å². The van der Waals surface area contributed by atoms with E-state index in [1.807, 2.05) is 24.3 Å². The van der Waals surface area contributed by atoms with E-state index in [0.29, 0.717) is 11.5 Å². The van der Waals surface area contributed by atoms with Gasteiger partial charge in [0.2, 0.25) is 5.95 Å². The highest BCUT2D eigenvalue weighted by atomic mass is 15.2. The van der Waals surface area contributed by atoms with Crippen molar-refractivity contribution in [1.82, 2.24) is 25.1 Å². The van der Waals surface area contributed by atoms with Crippen molar-refractivity contribution in [3.63, 3.8) is 0 Å². The number of imidazole rings is 1. The Bertz CT molecular complexity index is 655. The Labute approximate surface area is 95.9 Å². The van der Waals surface area contributed by atoms with Gasteiger partial charge in [-0.3, -0.25) is 0 Å². The maximum Gasteiger partial charge on any atom is 0.242 e. The molecule has 2 aromatic heterocycles. The lowest BCUT2D eigenvalue weighted by Crippen LogP contribution is -2.04. The summed E-state index contributed by atoms with van der Waals surface area (Å²) in [6.45, 7) is 0. The molecule has 5 N–H and O–H groups in total. The molecule has 7 nitrogen and oxygen atoms in total. The smallest absolute Gasteiger partial charge is 0.242 e. The number of anilines is 2. The number of benzene rings is 1. The van der Waals surface area contributed by atoms with Gasteiger partial charge in [-0.05, 0) is 12.1 Å². The number of nitrogen functional groups attached to an aromatic ring is 2. The van der Waals surface area contributed by atoms with Gasteiger partial charge < -0.3 is 16.5 Å². The molecule has 7 heteroatoms. The maximum absolute atomic E-state index is 5.72. The molecular weight excluding hydrogens is 218 g/mol. The number of nitrogens with zero attached hydrogens (tertiary/aromatic N) is 4. The van der Waals surface area contributed by atoms with Crippen LogP contribution in [-0.2, 0) is 0 Å². The van der Waals surface area contributed by atoms with Gasteiger partial charge in [0.25, 0.3) is 0 Å². The van der Waals surface area contributed by atoms with E-state index in [0.717, 1.165) is 11.0 Å². The van der Waals surface area contributed by atoms with E-state index in [1.165, 1.54) is 0 Å². The molecule has 0 aliphatic carbocycles. The summed E-state index contributed by atoms with van der Waals surface area (Å²) in [5.41, 5.74) is 13.2. The van der Waals surface area contributed by atoms with Crippen LogP contribution in [0.4, 0.5) is 11.8 Å². The van der Waals surface area contributed by atoms with Crippen molar-refractivity contribution in [2.75, 3.05) is 11.5 Å². The minimum Gasteiger partial charge on any atom is -0.382 e. The Balaban J connectivity index is 2.20. The van der Waals surface area contributed by atoms with Gasteiger partial charge in [-0.25, -0.2) is 4.98 Å². The molecule has 0 amide bonds. The van der Waals surface area contributed by atoms with Crippen LogP contribution in [0.3, 0.4) is 0 Å². The topological polar surface area (TPSA) is 119 Å². The van der Waals surface area contributed by atoms with E-state index >= 15 is 0 Å². The first-order valence-corrected chi connectivity index (χ1v) is 4.95. The van der Waals surface area contributed by atoms with Crippen LogP contribution in [0.2, 0.25) is 0 Å². The minimum atomic E-state index is 0.0439. The zero-order valence-corrected chi connectivity index (χ0v) is 8.75. The summed E-state index contributed by atoms with van der Waals surface area (Å²) >= 11 is 0. The van der Waals surface area contributed by atoms with E-state index in [4.69, 9.17) is 11.5 Å². The monoisotopic (exact) mass is 227 g/mol. The van der Waals surface area contributed by atoms with Crippen molar-refractivity contribution in [2.45, 2.75) is 0 Å². The molecular formula is C10H9N7. The fraction of sp³-hybridized carbons (Fsp3) is 0. The number of aromatic amines is 1. The third kappa shape index (κ3) is 1.53. The fourth-order valence-corrected chi connectivity index (χ4v) is 1.58. The zero-order chi connectivity index (χ0) is 11.8. The molecule has 0 fully saturated rings. The molecule has 1 aromatic carbocycles. The number of nitrogens with two attached hydrogens (primary N) is 2. The average Bonchev–Trinajstić information content (AvgIpc) is 2.72. The summed E-state index contributed by atoms with van der Waals surface area (Å²) in [5, 5.41) is 7.55. The quantitative estimate of drug-likeness (QED) is 0.559. The molecule has 0 saturated heterocycles. The van der Waals surface area contributed by atoms with Crippen LogP contribution >= 0.6 is 0 Å². The van der Waals surface area contributed by atoms with Gasteiger partial charge in [-0.1, -0.05) is 12.1 Å². The van der Waals surface area contributed by atoms with E-state index < -0.39 is 0 Å². The van der Waals surface area contributed by atoms with Crippen LogP contribution in [0.1, 0.15) is 0 Å². The van der Waals surface area contributed by atoms with Crippen molar-refractivity contribution in [3.8, 4) is 11.5 Å². The van der Waals surface area contributed by atoms with Gasteiger partial charge in [0.15, 0.2) is 17.3 Å². The molecule has 0 spiro atoms. The first kappa shape index (κ1) is 9.52. The zero-order valence-electron chi connectivity index (χ0n) is 8.75. The number of rotatable bonds is 1. The Kier molecular flexibility index (Phi) is 1.91. The third-order valence-corrected chi connectivity index (χ3v) is 2.34. The molecule has 3 rings (SSSR count). The second kappa shape index (κ2) is 3.41. The summed E-state index contributed by atoms with van der Waals surface area (Å²) < 4.78 is 0. The Morgan fingerprint density at radius 1 is 1.00 bits per heavy atom. The first-order chi connectivity index (χ1) is 8.24. The minimum absolute atomic E-state index is 0.0439. The molecule has 3 aromatic rings. The highest BCUT2D eigenvalue weighted by molar-refractivity contribution is 5.80. The van der Waals surface area contributed by atoms with Crippen molar-refractivity contribution in [1.29, 1.82) is 0 Å². The Morgan fingerprint density at radius 3 is 2.59 bits per heavy atom. The number of nitrogens with one attached hydrogen (secondary N) is 1. The van der Waals surface area contributed by atoms with E-state index in [1.54, 1.807) is 0 Å². The van der Waals surface area contributed by atoms with Gasteiger partial charge in [0.1, 0.15) is 0 Å². The van der Waals surface area contributed by atoms with Crippen LogP contribution in [0.15, 0.2) is 24.3 Å². The van der Waals surface area contributed by atoms with Crippen molar-refractivity contribution >= 4 is 22.8 Å². The van der Waals surface area contributed by atoms with Crippen molar-refractivity contribution in [2.24, 2.45) is 0 Å². The van der Waals surface area contributed by atoms with Crippen LogP contribution < -0.4 is 11.5 Å². The SMILES string of the molecule is Nc1nnc(-c2nc3ccccc3[nH]2)c(N)n1. The molecule has 0 bridgehead atoms. The molecule has 0 saturated carbocycles. The number of fused-ring (bicyclic) bond motifs is 1. The van der Waals surface area contributed by atoms with Crippen LogP contribution in [0, 0.1) is 0 Å². The Morgan fingerprint density at radius 2 is 1.82 bits per heavy atom.